The number of carbonyl (C=O) groups is 2. The maximum absolute atomic E-state index is 13.2. The SMILES string of the molecule is CC(=O)N1c2ccc(-c3ccc(S(=O)(=O)C(C)C)cc3)cc2NC[C@@]1(C)C(=O)C1CCC1. The molecule has 32 heavy (non-hydrogen) atoms. The van der Waals surface area contributed by atoms with Gasteiger partial charge < -0.3 is 5.32 Å². The lowest BCUT2D eigenvalue weighted by Crippen LogP contribution is -2.63. The Morgan fingerprint density at radius 3 is 2.22 bits per heavy atom. The third-order valence-electron chi connectivity index (χ3n) is 6.81. The summed E-state index contributed by atoms with van der Waals surface area (Å²) in [5, 5.41) is 2.90. The molecule has 4 rings (SSSR count). The molecule has 0 spiro atoms. The standard InChI is InChI=1S/C25H30N2O4S/c1-16(2)32(30,31)21-11-8-18(9-12-21)20-10-13-23-22(14-20)26-15-25(4,27(23)17(3)28)24(29)19-6-5-7-19/h8-14,16,19,26H,5-7,15H2,1-4H3/t25-/m0/s1. The minimum atomic E-state index is -3.32. The number of carbonyl (C=O) groups excluding carboxylic acids is 2. The summed E-state index contributed by atoms with van der Waals surface area (Å²) in [5.41, 5.74) is 2.36. The van der Waals surface area contributed by atoms with Crippen molar-refractivity contribution < 1.29 is 18.0 Å². The molecule has 1 fully saturated rings. The van der Waals surface area contributed by atoms with Gasteiger partial charge in [-0.25, -0.2) is 8.42 Å². The molecule has 0 saturated heterocycles. The minimum Gasteiger partial charge on any atom is -0.381 e. The summed E-state index contributed by atoms with van der Waals surface area (Å²) in [4.78, 5) is 27.8. The van der Waals surface area contributed by atoms with E-state index in [9.17, 15) is 18.0 Å². The number of nitrogens with one attached hydrogen (secondary N) is 1. The smallest absolute Gasteiger partial charge is 0.224 e. The van der Waals surface area contributed by atoms with Crippen LogP contribution in [0.15, 0.2) is 47.4 Å². The van der Waals surface area contributed by atoms with E-state index in [0.717, 1.165) is 36.1 Å². The van der Waals surface area contributed by atoms with Crippen LogP contribution >= 0.6 is 0 Å². The van der Waals surface area contributed by atoms with Crippen LogP contribution < -0.4 is 10.2 Å². The maximum atomic E-state index is 13.2. The van der Waals surface area contributed by atoms with Crippen LogP contribution in [0.3, 0.4) is 0 Å². The van der Waals surface area contributed by atoms with Gasteiger partial charge in [0.1, 0.15) is 5.54 Å². The molecule has 1 amide bonds. The second-order valence-corrected chi connectivity index (χ2v) is 11.8. The molecule has 2 aromatic rings. The molecule has 1 atom stereocenters. The number of benzene rings is 2. The fraction of sp³-hybridized carbons (Fsp3) is 0.440. The quantitative estimate of drug-likeness (QED) is 0.722. The van der Waals surface area contributed by atoms with Crippen molar-refractivity contribution in [1.82, 2.24) is 0 Å². The number of sulfone groups is 1. The molecule has 1 saturated carbocycles. The second kappa shape index (κ2) is 8.03. The van der Waals surface area contributed by atoms with Crippen LogP contribution in [0.1, 0.15) is 47.0 Å². The van der Waals surface area contributed by atoms with E-state index in [1.54, 1.807) is 43.0 Å². The summed E-state index contributed by atoms with van der Waals surface area (Å²) in [7, 11) is -3.32. The number of Topliss-reactive ketones (excluding diaryl/α,β-unsaturated/α-hetero) is 1. The normalized spacial score (nSPS) is 21.0. The zero-order valence-corrected chi connectivity index (χ0v) is 19.8. The summed E-state index contributed by atoms with van der Waals surface area (Å²) in [6.07, 6.45) is 2.86. The van der Waals surface area contributed by atoms with Crippen molar-refractivity contribution in [2.75, 3.05) is 16.8 Å². The van der Waals surface area contributed by atoms with Crippen molar-refractivity contribution in [3.8, 4) is 11.1 Å². The fourth-order valence-electron chi connectivity index (χ4n) is 4.60. The van der Waals surface area contributed by atoms with E-state index < -0.39 is 20.6 Å². The van der Waals surface area contributed by atoms with Gasteiger partial charge in [0.25, 0.3) is 0 Å². The second-order valence-electron chi connectivity index (χ2n) is 9.32. The number of hydrogen-bond donors (Lipinski definition) is 1. The number of nitrogens with zero attached hydrogens (tertiary/aromatic N) is 1. The van der Waals surface area contributed by atoms with E-state index in [-0.39, 0.29) is 17.6 Å². The number of amides is 1. The fourth-order valence-corrected chi connectivity index (χ4v) is 5.66. The van der Waals surface area contributed by atoms with Crippen molar-refractivity contribution >= 4 is 32.9 Å². The molecule has 1 aliphatic carbocycles. The summed E-state index contributed by atoms with van der Waals surface area (Å²) in [5.74, 6) is 0.00662. The highest BCUT2D eigenvalue weighted by molar-refractivity contribution is 7.92. The van der Waals surface area contributed by atoms with Gasteiger partial charge in [-0.1, -0.05) is 24.6 Å². The average Bonchev–Trinajstić information content (AvgIpc) is 2.71. The molecule has 1 aliphatic heterocycles. The lowest BCUT2D eigenvalue weighted by Gasteiger charge is -2.47. The Bertz CT molecular complexity index is 1170. The highest BCUT2D eigenvalue weighted by Crippen LogP contribution is 2.42. The Hall–Kier alpha value is -2.67. The molecular formula is C25H30N2O4S. The molecule has 0 radical (unpaired) electrons. The average molecular weight is 455 g/mol. The van der Waals surface area contributed by atoms with Gasteiger partial charge in [-0.15, -0.1) is 0 Å². The van der Waals surface area contributed by atoms with Crippen LogP contribution in [-0.2, 0) is 19.4 Å². The van der Waals surface area contributed by atoms with E-state index in [1.807, 2.05) is 25.1 Å². The molecule has 170 valence electrons. The van der Waals surface area contributed by atoms with Gasteiger partial charge in [-0.2, -0.15) is 0 Å². The Morgan fingerprint density at radius 1 is 1.06 bits per heavy atom. The number of ketones is 1. The Kier molecular flexibility index (Phi) is 5.65. The topological polar surface area (TPSA) is 83.6 Å². The zero-order chi connectivity index (χ0) is 23.3. The molecule has 0 unspecified atom stereocenters. The van der Waals surface area contributed by atoms with Crippen LogP contribution in [0.5, 0.6) is 0 Å². The summed E-state index contributed by atoms with van der Waals surface area (Å²) in [6, 6.07) is 12.6. The molecular weight excluding hydrogens is 424 g/mol. The predicted octanol–water partition coefficient (Wildman–Crippen LogP) is 4.44. The Morgan fingerprint density at radius 2 is 1.69 bits per heavy atom. The van der Waals surface area contributed by atoms with Crippen molar-refractivity contribution in [1.29, 1.82) is 0 Å². The molecule has 6 nitrogen and oxygen atoms in total. The van der Waals surface area contributed by atoms with Gasteiger partial charge in [-0.3, -0.25) is 14.5 Å². The molecule has 0 aromatic heterocycles. The third-order valence-corrected chi connectivity index (χ3v) is 8.98. The molecule has 1 heterocycles. The van der Waals surface area contributed by atoms with E-state index in [1.165, 1.54) is 6.92 Å². The largest absolute Gasteiger partial charge is 0.381 e. The number of hydrogen-bond acceptors (Lipinski definition) is 5. The first-order chi connectivity index (χ1) is 15.1. The summed E-state index contributed by atoms with van der Waals surface area (Å²) >= 11 is 0. The summed E-state index contributed by atoms with van der Waals surface area (Å²) in [6.45, 7) is 7.06. The van der Waals surface area contributed by atoms with Gasteiger partial charge >= 0.3 is 0 Å². The van der Waals surface area contributed by atoms with Gasteiger partial charge in [0.2, 0.25) is 5.91 Å². The number of anilines is 2. The van der Waals surface area contributed by atoms with Crippen molar-refractivity contribution in [2.45, 2.75) is 62.6 Å². The van der Waals surface area contributed by atoms with Gasteiger partial charge in [0.15, 0.2) is 15.6 Å². The van der Waals surface area contributed by atoms with Gasteiger partial charge in [0, 0.05) is 19.4 Å². The van der Waals surface area contributed by atoms with Gasteiger partial charge in [-0.05, 0) is 69.0 Å². The Labute approximate surface area is 189 Å². The molecule has 0 bridgehead atoms. The first-order valence-corrected chi connectivity index (χ1v) is 12.7. The van der Waals surface area contributed by atoms with Crippen LogP contribution in [-0.4, -0.2) is 37.4 Å². The van der Waals surface area contributed by atoms with Crippen LogP contribution in [0.25, 0.3) is 11.1 Å². The van der Waals surface area contributed by atoms with Crippen LogP contribution in [0.4, 0.5) is 11.4 Å². The van der Waals surface area contributed by atoms with E-state index in [0.29, 0.717) is 17.1 Å². The van der Waals surface area contributed by atoms with E-state index >= 15 is 0 Å². The van der Waals surface area contributed by atoms with Crippen molar-refractivity contribution in [3.63, 3.8) is 0 Å². The molecule has 7 heteroatoms. The maximum Gasteiger partial charge on any atom is 0.224 e. The Balaban J connectivity index is 1.67. The first kappa shape index (κ1) is 22.5. The number of fused-ring (bicyclic) bond motifs is 1. The van der Waals surface area contributed by atoms with E-state index in [2.05, 4.69) is 5.32 Å². The van der Waals surface area contributed by atoms with Crippen LogP contribution in [0.2, 0.25) is 0 Å². The molecule has 2 aliphatic rings. The third kappa shape index (κ3) is 3.62. The zero-order valence-electron chi connectivity index (χ0n) is 19.0. The first-order valence-electron chi connectivity index (χ1n) is 11.1. The highest BCUT2D eigenvalue weighted by Gasteiger charge is 2.48. The monoisotopic (exact) mass is 454 g/mol. The minimum absolute atomic E-state index is 0.0325. The lowest BCUT2D eigenvalue weighted by molar-refractivity contribution is -0.132. The summed E-state index contributed by atoms with van der Waals surface area (Å²) < 4.78 is 24.8. The number of rotatable bonds is 5. The van der Waals surface area contributed by atoms with E-state index in [4.69, 9.17) is 0 Å². The van der Waals surface area contributed by atoms with Crippen molar-refractivity contribution in [3.05, 3.63) is 42.5 Å². The molecule has 2 aromatic carbocycles. The predicted molar refractivity (Wildman–Crippen MR) is 127 cm³/mol. The highest BCUT2D eigenvalue weighted by atomic mass is 32.2. The van der Waals surface area contributed by atoms with Crippen LogP contribution in [0, 0.1) is 5.92 Å². The molecule has 1 N–H and O–H groups in total. The van der Waals surface area contributed by atoms with Gasteiger partial charge in [0.05, 0.1) is 21.5 Å². The van der Waals surface area contributed by atoms with Crippen molar-refractivity contribution in [2.24, 2.45) is 5.92 Å². The lowest BCUT2D eigenvalue weighted by atomic mass is 9.73.